The molecule has 1 aliphatic carbocycles. The topological polar surface area (TPSA) is 58.6 Å². The van der Waals surface area contributed by atoms with E-state index in [0.717, 1.165) is 35.9 Å². The molecule has 0 heterocycles. The van der Waals surface area contributed by atoms with Gasteiger partial charge in [-0.25, -0.2) is 0 Å². The fourth-order valence-corrected chi connectivity index (χ4v) is 2.78. The molecule has 0 atom stereocenters. The molecule has 1 amide bonds. The van der Waals surface area contributed by atoms with Crippen molar-refractivity contribution in [2.45, 2.75) is 44.1 Å². The molecule has 1 aliphatic rings. The molecule has 116 valence electrons. The van der Waals surface area contributed by atoms with E-state index in [1.807, 2.05) is 24.3 Å². The summed E-state index contributed by atoms with van der Waals surface area (Å²) in [5.74, 6) is 0.786. The van der Waals surface area contributed by atoms with E-state index in [4.69, 9.17) is 4.74 Å². The molecule has 0 saturated heterocycles. The molecule has 0 aromatic heterocycles. The van der Waals surface area contributed by atoms with Gasteiger partial charge in [-0.15, -0.1) is 0 Å². The van der Waals surface area contributed by atoms with Crippen LogP contribution in [-0.4, -0.2) is 29.8 Å². The zero-order valence-electron chi connectivity index (χ0n) is 12.1. The predicted octanol–water partition coefficient (Wildman–Crippen LogP) is 3.03. The zero-order valence-corrected chi connectivity index (χ0v) is 13.7. The maximum absolute atomic E-state index is 11.7. The first-order chi connectivity index (χ1) is 10.1. The molecule has 21 heavy (non-hydrogen) atoms. The summed E-state index contributed by atoms with van der Waals surface area (Å²) in [6.45, 7) is 0.888. The van der Waals surface area contributed by atoms with E-state index >= 15 is 0 Å². The Balaban J connectivity index is 1.57. The van der Waals surface area contributed by atoms with Crippen molar-refractivity contribution in [2.24, 2.45) is 0 Å². The molecule has 4 nitrogen and oxygen atoms in total. The van der Waals surface area contributed by atoms with Gasteiger partial charge in [-0.05, 0) is 43.5 Å². The number of rotatable bonds is 7. The number of aliphatic hydroxyl groups is 1. The lowest BCUT2D eigenvalue weighted by Crippen LogP contribution is -2.40. The highest BCUT2D eigenvalue weighted by Gasteiger charge is 2.31. The van der Waals surface area contributed by atoms with Crippen LogP contribution in [0.15, 0.2) is 28.7 Å². The van der Waals surface area contributed by atoms with Crippen LogP contribution in [0.25, 0.3) is 0 Å². The standard InChI is InChI=1S/C16H22BrNO3/c17-13-5-7-14(8-6-13)21-11-3-4-15(19)18-12-16(20)9-1-2-10-16/h5-8,20H,1-4,9-12H2,(H,18,19). The number of amides is 1. The number of carbonyl (C=O) groups is 1. The van der Waals surface area contributed by atoms with E-state index in [-0.39, 0.29) is 5.91 Å². The van der Waals surface area contributed by atoms with Gasteiger partial charge in [0.1, 0.15) is 5.75 Å². The number of hydrogen-bond acceptors (Lipinski definition) is 3. The van der Waals surface area contributed by atoms with Crippen molar-refractivity contribution in [2.75, 3.05) is 13.2 Å². The van der Waals surface area contributed by atoms with E-state index in [1.165, 1.54) is 0 Å². The number of halogens is 1. The van der Waals surface area contributed by atoms with Gasteiger partial charge in [0.25, 0.3) is 0 Å². The predicted molar refractivity (Wildman–Crippen MR) is 85.3 cm³/mol. The summed E-state index contributed by atoms with van der Waals surface area (Å²) in [5.41, 5.74) is -0.677. The third-order valence-electron chi connectivity index (χ3n) is 3.78. The Hall–Kier alpha value is -1.07. The highest BCUT2D eigenvalue weighted by Crippen LogP contribution is 2.28. The molecule has 2 rings (SSSR count). The van der Waals surface area contributed by atoms with Crippen molar-refractivity contribution in [3.05, 3.63) is 28.7 Å². The van der Waals surface area contributed by atoms with Crippen LogP contribution in [0.4, 0.5) is 0 Å². The Labute approximate surface area is 134 Å². The molecular formula is C16H22BrNO3. The summed E-state index contributed by atoms with van der Waals surface area (Å²) in [5, 5.41) is 13.0. The minimum absolute atomic E-state index is 0.0188. The van der Waals surface area contributed by atoms with E-state index in [2.05, 4.69) is 21.2 Å². The maximum atomic E-state index is 11.7. The SMILES string of the molecule is O=C(CCCOc1ccc(Br)cc1)NCC1(O)CCCC1. The molecule has 0 aliphatic heterocycles. The Morgan fingerprint density at radius 2 is 1.95 bits per heavy atom. The normalized spacial score (nSPS) is 16.7. The summed E-state index contributed by atoms with van der Waals surface area (Å²) in [6.07, 6.45) is 4.77. The van der Waals surface area contributed by atoms with Crippen LogP contribution >= 0.6 is 15.9 Å². The van der Waals surface area contributed by atoms with Gasteiger partial charge in [0.2, 0.25) is 5.91 Å². The third-order valence-corrected chi connectivity index (χ3v) is 4.31. The molecule has 1 saturated carbocycles. The third kappa shape index (κ3) is 5.67. The van der Waals surface area contributed by atoms with E-state index < -0.39 is 5.60 Å². The van der Waals surface area contributed by atoms with Crippen molar-refractivity contribution >= 4 is 21.8 Å². The molecule has 0 radical (unpaired) electrons. The van der Waals surface area contributed by atoms with Gasteiger partial charge >= 0.3 is 0 Å². The summed E-state index contributed by atoms with van der Waals surface area (Å²) in [7, 11) is 0. The molecule has 0 bridgehead atoms. The summed E-state index contributed by atoms with van der Waals surface area (Å²) in [6, 6.07) is 7.62. The molecular weight excluding hydrogens is 334 g/mol. The average Bonchev–Trinajstić information content (AvgIpc) is 2.91. The number of hydrogen-bond donors (Lipinski definition) is 2. The second-order valence-electron chi connectivity index (χ2n) is 5.61. The Bertz CT molecular complexity index is 455. The fourth-order valence-electron chi connectivity index (χ4n) is 2.51. The van der Waals surface area contributed by atoms with Gasteiger partial charge in [0.15, 0.2) is 0 Å². The minimum atomic E-state index is -0.677. The largest absolute Gasteiger partial charge is 0.494 e. The second-order valence-corrected chi connectivity index (χ2v) is 6.53. The second kappa shape index (κ2) is 7.80. The van der Waals surface area contributed by atoms with Crippen molar-refractivity contribution in [1.29, 1.82) is 0 Å². The lowest BCUT2D eigenvalue weighted by atomic mass is 10.0. The van der Waals surface area contributed by atoms with Crippen LogP contribution in [0.3, 0.4) is 0 Å². The quantitative estimate of drug-likeness (QED) is 0.739. The number of carbonyl (C=O) groups excluding carboxylic acids is 1. The first kappa shape index (κ1) is 16.3. The van der Waals surface area contributed by atoms with Crippen molar-refractivity contribution in [3.63, 3.8) is 0 Å². The number of benzene rings is 1. The van der Waals surface area contributed by atoms with Gasteiger partial charge in [0, 0.05) is 17.4 Å². The Kier molecular flexibility index (Phi) is 6.06. The Morgan fingerprint density at radius 3 is 2.62 bits per heavy atom. The van der Waals surface area contributed by atoms with Crippen LogP contribution in [0, 0.1) is 0 Å². The smallest absolute Gasteiger partial charge is 0.220 e. The zero-order chi connectivity index (χ0) is 15.1. The molecule has 0 unspecified atom stereocenters. The summed E-state index contributed by atoms with van der Waals surface area (Å²) < 4.78 is 6.57. The van der Waals surface area contributed by atoms with Crippen LogP contribution < -0.4 is 10.1 Å². The number of ether oxygens (including phenoxy) is 1. The lowest BCUT2D eigenvalue weighted by molar-refractivity contribution is -0.122. The first-order valence-corrected chi connectivity index (χ1v) is 8.24. The van der Waals surface area contributed by atoms with E-state index in [1.54, 1.807) is 0 Å². The van der Waals surface area contributed by atoms with Crippen LogP contribution in [0.5, 0.6) is 5.75 Å². The fraction of sp³-hybridized carbons (Fsp3) is 0.562. The number of nitrogens with one attached hydrogen (secondary N) is 1. The van der Waals surface area contributed by atoms with Crippen molar-refractivity contribution in [3.8, 4) is 5.75 Å². The van der Waals surface area contributed by atoms with Gasteiger partial charge < -0.3 is 15.2 Å². The van der Waals surface area contributed by atoms with Gasteiger partial charge in [-0.3, -0.25) is 4.79 Å². The molecule has 1 fully saturated rings. The highest BCUT2D eigenvalue weighted by atomic mass is 79.9. The maximum Gasteiger partial charge on any atom is 0.220 e. The molecule has 2 N–H and O–H groups in total. The van der Waals surface area contributed by atoms with Crippen LogP contribution in [-0.2, 0) is 4.79 Å². The van der Waals surface area contributed by atoms with Gasteiger partial charge in [0.05, 0.1) is 12.2 Å². The van der Waals surface area contributed by atoms with Crippen LogP contribution in [0.2, 0.25) is 0 Å². The minimum Gasteiger partial charge on any atom is -0.494 e. The van der Waals surface area contributed by atoms with Crippen LogP contribution in [0.1, 0.15) is 38.5 Å². The molecule has 5 heteroatoms. The summed E-state index contributed by atoms with van der Waals surface area (Å²) in [4.78, 5) is 11.7. The van der Waals surface area contributed by atoms with Gasteiger partial charge in [-0.2, -0.15) is 0 Å². The monoisotopic (exact) mass is 355 g/mol. The van der Waals surface area contributed by atoms with E-state index in [0.29, 0.717) is 26.0 Å². The van der Waals surface area contributed by atoms with Gasteiger partial charge in [-0.1, -0.05) is 28.8 Å². The molecule has 0 spiro atoms. The van der Waals surface area contributed by atoms with E-state index in [9.17, 15) is 9.90 Å². The van der Waals surface area contributed by atoms with Crippen molar-refractivity contribution in [1.82, 2.24) is 5.32 Å². The summed E-state index contributed by atoms with van der Waals surface area (Å²) >= 11 is 3.37. The highest BCUT2D eigenvalue weighted by molar-refractivity contribution is 9.10. The average molecular weight is 356 g/mol. The van der Waals surface area contributed by atoms with Crippen molar-refractivity contribution < 1.29 is 14.6 Å². The molecule has 1 aromatic carbocycles. The lowest BCUT2D eigenvalue weighted by Gasteiger charge is -2.22. The Morgan fingerprint density at radius 1 is 1.29 bits per heavy atom. The first-order valence-electron chi connectivity index (χ1n) is 7.45. The molecule has 1 aromatic rings.